The second-order valence-electron chi connectivity index (χ2n) is 8.79. The van der Waals surface area contributed by atoms with Gasteiger partial charge in [-0.15, -0.1) is 0 Å². The third-order valence-corrected chi connectivity index (χ3v) is 7.47. The van der Waals surface area contributed by atoms with Crippen molar-refractivity contribution in [3.05, 3.63) is 11.6 Å². The van der Waals surface area contributed by atoms with Crippen LogP contribution in [0.1, 0.15) is 71.1 Å². The molecule has 21 heavy (non-hydrogen) atoms. The van der Waals surface area contributed by atoms with Crippen molar-refractivity contribution in [1.29, 1.82) is 0 Å². The van der Waals surface area contributed by atoms with Gasteiger partial charge in [0.25, 0.3) is 0 Å². The fourth-order valence-corrected chi connectivity index (χ4v) is 5.99. The van der Waals surface area contributed by atoms with Crippen LogP contribution in [0.25, 0.3) is 0 Å². The quantitative estimate of drug-likeness (QED) is 0.717. The van der Waals surface area contributed by atoms with Crippen molar-refractivity contribution >= 4 is 0 Å². The zero-order chi connectivity index (χ0) is 14.4. The summed E-state index contributed by atoms with van der Waals surface area (Å²) in [5.41, 5.74) is 7.72. The van der Waals surface area contributed by atoms with Crippen molar-refractivity contribution in [2.24, 2.45) is 41.2 Å². The molecule has 4 aliphatic carbocycles. The Morgan fingerprint density at radius 1 is 0.810 bits per heavy atom. The van der Waals surface area contributed by atoms with E-state index in [1.54, 1.807) is 12.0 Å². The summed E-state index contributed by atoms with van der Waals surface area (Å²) >= 11 is 0. The van der Waals surface area contributed by atoms with Crippen LogP contribution in [-0.2, 0) is 0 Å². The van der Waals surface area contributed by atoms with Crippen molar-refractivity contribution < 1.29 is 0 Å². The first kappa shape index (κ1) is 14.3. The maximum absolute atomic E-state index is 6.05. The molecule has 5 atom stereocenters. The van der Waals surface area contributed by atoms with E-state index in [4.69, 9.17) is 5.73 Å². The fraction of sp³-hybridized carbons (Fsp3) is 0.900. The topological polar surface area (TPSA) is 26.0 Å². The Morgan fingerprint density at radius 2 is 1.48 bits per heavy atom. The minimum absolute atomic E-state index is 0.569. The molecule has 2 N–H and O–H groups in total. The predicted molar refractivity (Wildman–Crippen MR) is 88.8 cm³/mol. The molecule has 1 nitrogen and oxygen atoms in total. The summed E-state index contributed by atoms with van der Waals surface area (Å²) in [7, 11) is 0. The Morgan fingerprint density at radius 3 is 2.19 bits per heavy atom. The molecule has 4 aliphatic rings. The fourth-order valence-electron chi connectivity index (χ4n) is 5.99. The lowest BCUT2D eigenvalue weighted by Crippen LogP contribution is -2.32. The predicted octanol–water partition coefficient (Wildman–Crippen LogP) is 4.91. The standard InChI is InChI=1S/C20H33N/c1-13-2-3-18-11-17(9-8-16(18)10-13)14-4-6-15(7-5-14)19-12-20(19)21/h10,14-20H,2-9,11-12,21H2,1H3. The molecule has 4 rings (SSSR count). The highest BCUT2D eigenvalue weighted by atomic mass is 14.8. The maximum Gasteiger partial charge on any atom is 0.00737 e. The van der Waals surface area contributed by atoms with Crippen molar-refractivity contribution in [3.63, 3.8) is 0 Å². The van der Waals surface area contributed by atoms with Gasteiger partial charge in [-0.2, -0.15) is 0 Å². The second kappa shape index (κ2) is 5.72. The molecule has 0 spiro atoms. The van der Waals surface area contributed by atoms with Crippen LogP contribution in [0, 0.1) is 35.5 Å². The molecule has 0 amide bonds. The highest BCUT2D eigenvalue weighted by molar-refractivity contribution is 5.09. The minimum Gasteiger partial charge on any atom is -0.327 e. The van der Waals surface area contributed by atoms with E-state index in [9.17, 15) is 0 Å². The smallest absolute Gasteiger partial charge is 0.00737 e. The lowest BCUT2D eigenvalue weighted by atomic mass is 9.63. The highest BCUT2D eigenvalue weighted by Crippen LogP contribution is 2.50. The van der Waals surface area contributed by atoms with Crippen LogP contribution in [0.4, 0.5) is 0 Å². The lowest BCUT2D eigenvalue weighted by molar-refractivity contribution is 0.107. The molecule has 0 bridgehead atoms. The van der Waals surface area contributed by atoms with Gasteiger partial charge < -0.3 is 5.73 Å². The molecule has 0 saturated heterocycles. The molecule has 0 radical (unpaired) electrons. The van der Waals surface area contributed by atoms with Gasteiger partial charge in [0.2, 0.25) is 0 Å². The molecular weight excluding hydrogens is 254 g/mol. The largest absolute Gasteiger partial charge is 0.327 e. The van der Waals surface area contributed by atoms with Crippen LogP contribution >= 0.6 is 0 Å². The van der Waals surface area contributed by atoms with Crippen LogP contribution in [0.5, 0.6) is 0 Å². The minimum atomic E-state index is 0.569. The molecule has 0 heterocycles. The Kier molecular flexibility index (Phi) is 3.90. The van der Waals surface area contributed by atoms with Gasteiger partial charge in [0.15, 0.2) is 0 Å². The van der Waals surface area contributed by atoms with Crippen LogP contribution in [-0.4, -0.2) is 6.04 Å². The number of hydrogen-bond donors (Lipinski definition) is 1. The average molecular weight is 287 g/mol. The molecule has 0 aliphatic heterocycles. The maximum atomic E-state index is 6.05. The first-order chi connectivity index (χ1) is 10.2. The monoisotopic (exact) mass is 287 g/mol. The van der Waals surface area contributed by atoms with E-state index >= 15 is 0 Å². The SMILES string of the molecule is CC1=CC2CCC(C3CCC(C4CC4N)CC3)CC2CC1. The van der Waals surface area contributed by atoms with Gasteiger partial charge in [-0.25, -0.2) is 0 Å². The molecular formula is C20H33N. The highest BCUT2D eigenvalue weighted by Gasteiger charge is 2.43. The summed E-state index contributed by atoms with van der Waals surface area (Å²) in [6.45, 7) is 2.34. The Bertz CT molecular complexity index is 404. The lowest BCUT2D eigenvalue weighted by Gasteiger charge is -2.42. The van der Waals surface area contributed by atoms with E-state index in [0.717, 1.165) is 35.5 Å². The van der Waals surface area contributed by atoms with Crippen molar-refractivity contribution in [1.82, 2.24) is 0 Å². The van der Waals surface area contributed by atoms with Gasteiger partial charge in [-0.05, 0) is 107 Å². The van der Waals surface area contributed by atoms with Crippen LogP contribution in [0.2, 0.25) is 0 Å². The summed E-state index contributed by atoms with van der Waals surface area (Å²) < 4.78 is 0. The Hall–Kier alpha value is -0.300. The Balaban J connectivity index is 1.30. The third kappa shape index (κ3) is 2.96. The van der Waals surface area contributed by atoms with Gasteiger partial charge in [0, 0.05) is 6.04 Å². The zero-order valence-electron chi connectivity index (χ0n) is 13.8. The normalized spacial score (nSPS) is 50.2. The van der Waals surface area contributed by atoms with E-state index in [-0.39, 0.29) is 0 Å². The van der Waals surface area contributed by atoms with Gasteiger partial charge in [-0.1, -0.05) is 11.6 Å². The van der Waals surface area contributed by atoms with Crippen molar-refractivity contribution in [3.8, 4) is 0 Å². The molecule has 3 saturated carbocycles. The first-order valence-electron chi connectivity index (χ1n) is 9.63. The van der Waals surface area contributed by atoms with E-state index in [0.29, 0.717) is 6.04 Å². The van der Waals surface area contributed by atoms with Crippen LogP contribution < -0.4 is 5.73 Å². The molecule has 118 valence electrons. The van der Waals surface area contributed by atoms with Gasteiger partial charge in [0.05, 0.1) is 0 Å². The Labute approximate surface area is 130 Å². The molecule has 0 aromatic heterocycles. The zero-order valence-corrected chi connectivity index (χ0v) is 13.8. The van der Waals surface area contributed by atoms with E-state index in [2.05, 4.69) is 13.0 Å². The summed E-state index contributed by atoms with van der Waals surface area (Å²) in [5, 5.41) is 0. The summed E-state index contributed by atoms with van der Waals surface area (Å²) in [6, 6.07) is 0.569. The number of rotatable bonds is 2. The van der Waals surface area contributed by atoms with E-state index < -0.39 is 0 Å². The molecule has 5 unspecified atom stereocenters. The van der Waals surface area contributed by atoms with E-state index in [1.807, 2.05) is 0 Å². The number of nitrogens with two attached hydrogens (primary N) is 1. The van der Waals surface area contributed by atoms with Gasteiger partial charge >= 0.3 is 0 Å². The second-order valence-corrected chi connectivity index (χ2v) is 8.79. The summed E-state index contributed by atoms with van der Waals surface area (Å²) in [4.78, 5) is 0. The van der Waals surface area contributed by atoms with E-state index in [1.165, 1.54) is 57.8 Å². The van der Waals surface area contributed by atoms with Crippen molar-refractivity contribution in [2.45, 2.75) is 77.2 Å². The molecule has 0 aromatic carbocycles. The molecule has 3 fully saturated rings. The first-order valence-corrected chi connectivity index (χ1v) is 9.63. The van der Waals surface area contributed by atoms with Crippen molar-refractivity contribution in [2.75, 3.05) is 0 Å². The number of hydrogen-bond acceptors (Lipinski definition) is 1. The van der Waals surface area contributed by atoms with Gasteiger partial charge in [-0.3, -0.25) is 0 Å². The third-order valence-electron chi connectivity index (χ3n) is 7.47. The number of fused-ring (bicyclic) bond motifs is 1. The summed E-state index contributed by atoms with van der Waals surface area (Å²) in [6.07, 6.45) is 17.4. The molecule has 0 aromatic rings. The molecule has 1 heteroatoms. The average Bonchev–Trinajstić information content (AvgIpc) is 3.24. The van der Waals surface area contributed by atoms with Gasteiger partial charge in [0.1, 0.15) is 0 Å². The summed E-state index contributed by atoms with van der Waals surface area (Å²) in [5.74, 6) is 6.00. The van der Waals surface area contributed by atoms with Crippen LogP contribution in [0.15, 0.2) is 11.6 Å². The number of allylic oxidation sites excluding steroid dienone is 2. The van der Waals surface area contributed by atoms with Crippen LogP contribution in [0.3, 0.4) is 0 Å².